The molecule has 0 bridgehead atoms. The summed E-state index contributed by atoms with van der Waals surface area (Å²) < 4.78 is 0. The van der Waals surface area contributed by atoms with Crippen molar-refractivity contribution in [3.8, 4) is 0 Å². The average Bonchev–Trinajstić information content (AvgIpc) is 3.23. The van der Waals surface area contributed by atoms with E-state index in [-0.39, 0.29) is 92.9 Å². The Morgan fingerprint density at radius 3 is 1.05 bits per heavy atom. The van der Waals surface area contributed by atoms with Gasteiger partial charge in [-0.05, 0) is 73.9 Å². The monoisotopic (exact) mass is 876 g/mol. The van der Waals surface area contributed by atoms with E-state index < -0.39 is 112 Å². The molecule has 2 aromatic carbocycles. The maximum atomic E-state index is 13.8. The van der Waals surface area contributed by atoms with Crippen molar-refractivity contribution in [2.75, 3.05) is 75.6 Å². The van der Waals surface area contributed by atoms with Gasteiger partial charge in [0.25, 0.3) is 23.6 Å². The molecule has 0 aliphatic carbocycles. The van der Waals surface area contributed by atoms with E-state index in [0.717, 1.165) is 23.6 Å². The van der Waals surface area contributed by atoms with Gasteiger partial charge in [0, 0.05) is 49.2 Å². The van der Waals surface area contributed by atoms with Gasteiger partial charge in [0.2, 0.25) is 11.8 Å². The third-order valence-electron chi connectivity index (χ3n) is 10.6. The Kier molecular flexibility index (Phi) is 21.0. The maximum absolute atomic E-state index is 13.8. The van der Waals surface area contributed by atoms with E-state index in [1.807, 2.05) is 0 Å². The van der Waals surface area contributed by atoms with Crippen molar-refractivity contribution in [3.63, 3.8) is 0 Å². The van der Waals surface area contributed by atoms with Crippen molar-refractivity contribution in [1.29, 1.82) is 0 Å². The Morgan fingerprint density at radius 1 is 0.500 bits per heavy atom. The number of amides is 6. The summed E-state index contributed by atoms with van der Waals surface area (Å²) in [4.78, 5) is 84.1. The van der Waals surface area contributed by atoms with Gasteiger partial charge in [0.15, 0.2) is 0 Å². The number of hydrogen-bond acceptors (Lipinski definition) is 14. The van der Waals surface area contributed by atoms with Crippen molar-refractivity contribution < 1.29 is 69.6 Å². The number of carbonyl (C=O) groups excluding carboxylic acids is 6. The third kappa shape index (κ3) is 12.1. The molecule has 0 aromatic heterocycles. The lowest BCUT2D eigenvalue weighted by molar-refractivity contribution is -0.118. The number of aliphatic hydroxyl groups is 8. The van der Waals surface area contributed by atoms with Crippen LogP contribution in [-0.4, -0.2) is 166 Å². The molecule has 6 amide bonds. The minimum atomic E-state index is -1.83. The Hall–Kier alpha value is -5.06. The lowest BCUT2D eigenvalue weighted by Crippen LogP contribution is -2.48. The van der Waals surface area contributed by atoms with Crippen LogP contribution in [0.5, 0.6) is 0 Å². The summed E-state index contributed by atoms with van der Waals surface area (Å²) in [6, 6.07) is -2.15. The van der Waals surface area contributed by atoms with E-state index in [9.17, 15) is 69.6 Å². The minimum absolute atomic E-state index is 0.0331. The van der Waals surface area contributed by atoms with Crippen molar-refractivity contribution in [3.05, 3.63) is 55.6 Å². The summed E-state index contributed by atoms with van der Waals surface area (Å²) in [5.74, 6) is -4.33. The summed E-state index contributed by atoms with van der Waals surface area (Å²) in [5.41, 5.74) is 1.21. The molecule has 2 unspecified atom stereocenters. The fourth-order valence-electron chi connectivity index (χ4n) is 7.61. The molecule has 0 saturated heterocycles. The molecule has 20 heteroatoms. The summed E-state index contributed by atoms with van der Waals surface area (Å²) >= 11 is 0. The number of anilines is 2. The molecular formula is C42H64N6O14. The Bertz CT molecular complexity index is 1810. The molecule has 2 rings (SSSR count). The molecule has 0 aliphatic rings. The topological polar surface area (TPSA) is 319 Å². The molecule has 12 N–H and O–H groups in total. The first-order chi connectivity index (χ1) is 29.3. The van der Waals surface area contributed by atoms with Crippen LogP contribution in [0.25, 0.3) is 0 Å². The maximum Gasteiger partial charge on any atom is 0.252 e. The van der Waals surface area contributed by atoms with Crippen LogP contribution in [0.15, 0.2) is 0 Å². The fourth-order valence-corrected chi connectivity index (χ4v) is 7.61. The van der Waals surface area contributed by atoms with Gasteiger partial charge in [0.05, 0.1) is 88.4 Å². The zero-order valence-corrected chi connectivity index (χ0v) is 36.7. The molecule has 2 aromatic rings. The quantitative estimate of drug-likeness (QED) is 0.0564. The molecule has 2 atom stereocenters. The highest BCUT2D eigenvalue weighted by molar-refractivity contribution is 6.09. The first-order valence-corrected chi connectivity index (χ1v) is 20.4. The molecule has 62 heavy (non-hydrogen) atoms. The summed E-state index contributed by atoms with van der Waals surface area (Å²) in [6.45, 7) is 6.87. The van der Waals surface area contributed by atoms with Crippen LogP contribution >= 0.6 is 0 Å². The van der Waals surface area contributed by atoms with Gasteiger partial charge in [-0.3, -0.25) is 28.8 Å². The third-order valence-corrected chi connectivity index (χ3v) is 10.6. The zero-order valence-electron chi connectivity index (χ0n) is 36.7. The number of aliphatic hydroxyl groups excluding tert-OH is 8. The molecule has 0 radical (unpaired) electrons. The lowest BCUT2D eigenvalue weighted by Gasteiger charge is -2.35. The molecule has 0 heterocycles. The highest BCUT2D eigenvalue weighted by Gasteiger charge is 2.35. The van der Waals surface area contributed by atoms with Crippen LogP contribution in [0.4, 0.5) is 11.4 Å². The second-order valence-electron chi connectivity index (χ2n) is 14.8. The standard InChI is InChI=1S/C42H64N6O14/c1-9-29-35(41(61)45-27(17-51)18-52)21(3)33(39(59)43-11-13-49)23(5)37(29)47(25(7)55)15-31(57)32(58)16-48(26(8)56)38-24(6)34(40(60)44-12-14-50)22(4)36(30(38)10-2)42(62)46-28(19-53)20-54/h27-28,31-32,49-54,57-58H,9-20H2,1-8H3,(H,43,59)(H,44,60)(H,45,61)(H,46,62). The molecule has 20 nitrogen and oxygen atoms in total. The van der Waals surface area contributed by atoms with Crippen molar-refractivity contribution in [2.24, 2.45) is 0 Å². The highest BCUT2D eigenvalue weighted by atomic mass is 16.3. The van der Waals surface area contributed by atoms with Crippen molar-refractivity contribution in [1.82, 2.24) is 21.3 Å². The van der Waals surface area contributed by atoms with E-state index >= 15 is 0 Å². The highest BCUT2D eigenvalue weighted by Crippen LogP contribution is 2.38. The van der Waals surface area contributed by atoms with E-state index in [0.29, 0.717) is 0 Å². The van der Waals surface area contributed by atoms with Crippen molar-refractivity contribution in [2.45, 2.75) is 92.5 Å². The lowest BCUT2D eigenvalue weighted by atomic mass is 9.87. The summed E-state index contributed by atoms with van der Waals surface area (Å²) in [7, 11) is 0. The minimum Gasteiger partial charge on any atom is -0.395 e. The van der Waals surface area contributed by atoms with Crippen LogP contribution in [0.2, 0.25) is 0 Å². The van der Waals surface area contributed by atoms with Gasteiger partial charge in [-0.2, -0.15) is 0 Å². The predicted molar refractivity (Wildman–Crippen MR) is 228 cm³/mol. The molecule has 0 spiro atoms. The molecule has 0 fully saturated rings. The zero-order chi connectivity index (χ0) is 47.2. The second kappa shape index (κ2) is 24.5. The van der Waals surface area contributed by atoms with Gasteiger partial charge in [-0.15, -0.1) is 0 Å². The van der Waals surface area contributed by atoms with Crippen LogP contribution in [-0.2, 0) is 22.4 Å². The second-order valence-corrected chi connectivity index (χ2v) is 14.8. The van der Waals surface area contributed by atoms with Gasteiger partial charge in [-0.25, -0.2) is 0 Å². The predicted octanol–water partition coefficient (Wildman–Crippen LogP) is -2.22. The van der Waals surface area contributed by atoms with Crippen LogP contribution in [0.1, 0.15) is 103 Å². The number of benzene rings is 2. The number of nitrogens with one attached hydrogen (secondary N) is 4. The Balaban J connectivity index is 2.88. The van der Waals surface area contributed by atoms with Gasteiger partial charge < -0.3 is 71.9 Å². The normalized spacial score (nSPS) is 12.2. The number of rotatable bonds is 23. The summed E-state index contributed by atoms with van der Waals surface area (Å²) in [6.07, 6.45) is -3.47. The largest absolute Gasteiger partial charge is 0.395 e. The molecular weight excluding hydrogens is 812 g/mol. The smallest absolute Gasteiger partial charge is 0.252 e. The van der Waals surface area contributed by atoms with E-state index in [1.54, 1.807) is 13.8 Å². The van der Waals surface area contributed by atoms with E-state index in [2.05, 4.69) is 21.3 Å². The van der Waals surface area contributed by atoms with Crippen LogP contribution in [0.3, 0.4) is 0 Å². The van der Waals surface area contributed by atoms with Crippen molar-refractivity contribution >= 4 is 46.8 Å². The SMILES string of the molecule is CCc1c(C(=O)NC(CO)CO)c(C)c(C(=O)NCCO)c(C)c1N(CC(O)C(O)CN(C(C)=O)c1c(C)c(C(=O)NCCO)c(C)c(C(=O)NC(CO)CO)c1CC)C(C)=O. The first kappa shape index (κ1) is 53.1. The number of carbonyl (C=O) groups is 6. The van der Waals surface area contributed by atoms with Crippen LogP contribution < -0.4 is 31.1 Å². The van der Waals surface area contributed by atoms with E-state index in [1.165, 1.54) is 27.7 Å². The average molecular weight is 877 g/mol. The first-order valence-electron chi connectivity index (χ1n) is 20.4. The Morgan fingerprint density at radius 2 is 0.806 bits per heavy atom. The summed E-state index contributed by atoms with van der Waals surface area (Å²) in [5, 5.41) is 91.1. The molecule has 0 aliphatic heterocycles. The van der Waals surface area contributed by atoms with Gasteiger partial charge in [-0.1, -0.05) is 13.8 Å². The molecule has 0 saturated carbocycles. The fraction of sp³-hybridized carbons (Fsp3) is 0.571. The van der Waals surface area contributed by atoms with E-state index in [4.69, 9.17) is 0 Å². The van der Waals surface area contributed by atoms with Gasteiger partial charge >= 0.3 is 0 Å². The number of hydrogen-bond donors (Lipinski definition) is 12. The molecule has 346 valence electrons. The van der Waals surface area contributed by atoms with Crippen LogP contribution in [0, 0.1) is 27.7 Å². The number of nitrogens with zero attached hydrogens (tertiary/aromatic N) is 2. The van der Waals surface area contributed by atoms with Gasteiger partial charge in [0.1, 0.15) is 0 Å². The Labute approximate surface area is 360 Å².